The molecule has 148 valence electrons. The van der Waals surface area contributed by atoms with Crippen molar-refractivity contribution in [2.75, 3.05) is 40.3 Å². The van der Waals surface area contributed by atoms with E-state index in [1.54, 1.807) is 11.9 Å². The number of hydrogen-bond donors (Lipinski definition) is 1. The molecule has 0 aromatic rings. The third kappa shape index (κ3) is 8.96. The Kier molecular flexibility index (Phi) is 9.54. The van der Waals surface area contributed by atoms with Crippen molar-refractivity contribution in [3.8, 4) is 0 Å². The number of aliphatic imine (C=N–C) groups is 1. The Hall–Kier alpha value is -0.730. The minimum absolute atomic E-state index is 0. The third-order valence-corrected chi connectivity index (χ3v) is 4.09. The second kappa shape index (κ2) is 9.83. The molecule has 0 aromatic heterocycles. The van der Waals surface area contributed by atoms with E-state index in [4.69, 9.17) is 4.74 Å². The molecule has 25 heavy (non-hydrogen) atoms. The van der Waals surface area contributed by atoms with Crippen LogP contribution in [0.3, 0.4) is 0 Å². The van der Waals surface area contributed by atoms with Gasteiger partial charge in [-0.3, -0.25) is 4.99 Å². The molecule has 6 nitrogen and oxygen atoms in total. The first-order chi connectivity index (χ1) is 10.9. The van der Waals surface area contributed by atoms with E-state index in [0.717, 1.165) is 25.6 Å². The first-order valence-corrected chi connectivity index (χ1v) is 8.83. The van der Waals surface area contributed by atoms with Crippen LogP contribution in [0.1, 0.15) is 48.0 Å². The summed E-state index contributed by atoms with van der Waals surface area (Å²) in [6, 6.07) is 0. The molecule has 0 saturated carbocycles. The summed E-state index contributed by atoms with van der Waals surface area (Å²) in [5.41, 5.74) is -0.113. The van der Waals surface area contributed by atoms with E-state index in [0.29, 0.717) is 17.9 Å². The lowest BCUT2D eigenvalue weighted by molar-refractivity contribution is 0.0277. The molecule has 1 aliphatic rings. The van der Waals surface area contributed by atoms with Crippen LogP contribution in [0.4, 0.5) is 4.79 Å². The SMILES string of the molecule is CN=C(NCC(C)CN(C)C(=O)OC(C)(C)C)N1CCC(C)(C)C1.I. The lowest BCUT2D eigenvalue weighted by atomic mass is 9.93. The molecule has 0 radical (unpaired) electrons. The number of rotatable bonds is 4. The van der Waals surface area contributed by atoms with Crippen molar-refractivity contribution in [2.45, 2.75) is 53.6 Å². The molecule has 1 unspecified atom stereocenters. The Balaban J connectivity index is 0.00000576. The molecule has 1 saturated heterocycles. The number of amides is 1. The monoisotopic (exact) mass is 468 g/mol. The van der Waals surface area contributed by atoms with Gasteiger partial charge in [0, 0.05) is 40.3 Å². The van der Waals surface area contributed by atoms with E-state index < -0.39 is 5.60 Å². The van der Waals surface area contributed by atoms with Gasteiger partial charge in [-0.25, -0.2) is 4.79 Å². The molecule has 1 aliphatic heterocycles. The van der Waals surface area contributed by atoms with Crippen LogP contribution in [0, 0.1) is 11.3 Å². The van der Waals surface area contributed by atoms with Crippen LogP contribution >= 0.6 is 24.0 Å². The Morgan fingerprint density at radius 3 is 2.44 bits per heavy atom. The van der Waals surface area contributed by atoms with Gasteiger partial charge in [0.15, 0.2) is 5.96 Å². The number of ether oxygens (including phenoxy) is 1. The molecule has 0 bridgehead atoms. The highest BCUT2D eigenvalue weighted by molar-refractivity contribution is 14.0. The number of likely N-dealkylation sites (tertiary alicyclic amines) is 1. The largest absolute Gasteiger partial charge is 0.444 e. The second-order valence-electron chi connectivity index (χ2n) is 8.73. The Bertz CT molecular complexity index is 460. The van der Waals surface area contributed by atoms with Gasteiger partial charge < -0.3 is 19.9 Å². The van der Waals surface area contributed by atoms with E-state index in [1.165, 1.54) is 6.42 Å². The highest BCUT2D eigenvalue weighted by Gasteiger charge is 2.31. The van der Waals surface area contributed by atoms with Gasteiger partial charge in [0.05, 0.1) is 0 Å². The lowest BCUT2D eigenvalue weighted by Gasteiger charge is -2.28. The van der Waals surface area contributed by atoms with E-state index in [1.807, 2.05) is 27.8 Å². The van der Waals surface area contributed by atoms with Crippen molar-refractivity contribution in [3.63, 3.8) is 0 Å². The number of halogens is 1. The van der Waals surface area contributed by atoms with E-state index in [-0.39, 0.29) is 30.1 Å². The zero-order valence-corrected chi connectivity index (χ0v) is 19.5. The normalized spacial score (nSPS) is 18.4. The molecule has 1 amide bonds. The summed E-state index contributed by atoms with van der Waals surface area (Å²) < 4.78 is 5.39. The molecule has 1 N–H and O–H groups in total. The highest BCUT2D eigenvalue weighted by atomic mass is 127. The van der Waals surface area contributed by atoms with Crippen molar-refractivity contribution in [1.82, 2.24) is 15.1 Å². The second-order valence-corrected chi connectivity index (χ2v) is 8.73. The van der Waals surface area contributed by atoms with Gasteiger partial charge in [-0.15, -0.1) is 24.0 Å². The predicted octanol–water partition coefficient (Wildman–Crippen LogP) is 3.41. The van der Waals surface area contributed by atoms with Gasteiger partial charge >= 0.3 is 6.09 Å². The average molecular weight is 468 g/mol. The molecular weight excluding hydrogens is 431 g/mol. The third-order valence-electron chi connectivity index (χ3n) is 4.09. The van der Waals surface area contributed by atoms with Crippen molar-refractivity contribution in [2.24, 2.45) is 16.3 Å². The fourth-order valence-corrected chi connectivity index (χ4v) is 2.84. The minimum atomic E-state index is -0.461. The van der Waals surface area contributed by atoms with Gasteiger partial charge in [-0.1, -0.05) is 20.8 Å². The predicted molar refractivity (Wildman–Crippen MR) is 115 cm³/mol. The molecular formula is C18H37IN4O2. The van der Waals surface area contributed by atoms with Gasteiger partial charge in [0.1, 0.15) is 5.60 Å². The Morgan fingerprint density at radius 1 is 1.40 bits per heavy atom. The Labute approximate surface area is 170 Å². The summed E-state index contributed by atoms with van der Waals surface area (Å²) in [7, 11) is 3.60. The van der Waals surface area contributed by atoms with E-state index >= 15 is 0 Å². The van der Waals surface area contributed by atoms with E-state index in [9.17, 15) is 4.79 Å². The van der Waals surface area contributed by atoms with Crippen molar-refractivity contribution in [3.05, 3.63) is 0 Å². The van der Waals surface area contributed by atoms with Crippen molar-refractivity contribution >= 4 is 36.0 Å². The molecule has 7 heteroatoms. The maximum absolute atomic E-state index is 12.0. The number of nitrogens with one attached hydrogen (secondary N) is 1. The molecule has 0 aliphatic carbocycles. The molecule has 1 rings (SSSR count). The molecule has 1 heterocycles. The van der Waals surface area contributed by atoms with Gasteiger partial charge in [0.25, 0.3) is 0 Å². The lowest BCUT2D eigenvalue weighted by Crippen LogP contribution is -2.44. The van der Waals surface area contributed by atoms with Crippen LogP contribution in [0.15, 0.2) is 4.99 Å². The fraction of sp³-hybridized carbons (Fsp3) is 0.889. The summed E-state index contributed by atoms with van der Waals surface area (Å²) in [5, 5.41) is 3.44. The topological polar surface area (TPSA) is 57.2 Å². The summed E-state index contributed by atoms with van der Waals surface area (Å²) in [4.78, 5) is 20.4. The smallest absolute Gasteiger partial charge is 0.410 e. The first-order valence-electron chi connectivity index (χ1n) is 8.83. The number of nitrogens with zero attached hydrogens (tertiary/aromatic N) is 3. The molecule has 0 spiro atoms. The number of carbonyl (C=O) groups excluding carboxylic acids is 1. The van der Waals surface area contributed by atoms with Gasteiger partial charge in [-0.05, 0) is 38.5 Å². The number of carbonyl (C=O) groups is 1. The van der Waals surface area contributed by atoms with Crippen LogP contribution in [0.2, 0.25) is 0 Å². The van der Waals surface area contributed by atoms with Crippen LogP contribution in [-0.4, -0.2) is 67.7 Å². The maximum atomic E-state index is 12.0. The minimum Gasteiger partial charge on any atom is -0.444 e. The van der Waals surface area contributed by atoms with Crippen LogP contribution in [0.25, 0.3) is 0 Å². The summed E-state index contributed by atoms with van der Waals surface area (Å²) in [6.45, 7) is 15.8. The number of guanidine groups is 1. The Morgan fingerprint density at radius 2 is 2.00 bits per heavy atom. The average Bonchev–Trinajstić information content (AvgIpc) is 2.77. The van der Waals surface area contributed by atoms with E-state index in [2.05, 4.69) is 36.0 Å². The van der Waals surface area contributed by atoms with Crippen molar-refractivity contribution < 1.29 is 9.53 Å². The van der Waals surface area contributed by atoms with Gasteiger partial charge in [-0.2, -0.15) is 0 Å². The van der Waals surface area contributed by atoms with Crippen LogP contribution < -0.4 is 5.32 Å². The fourth-order valence-electron chi connectivity index (χ4n) is 2.84. The van der Waals surface area contributed by atoms with Crippen LogP contribution in [0.5, 0.6) is 0 Å². The first kappa shape index (κ1) is 24.3. The zero-order valence-electron chi connectivity index (χ0n) is 17.2. The summed E-state index contributed by atoms with van der Waals surface area (Å²) >= 11 is 0. The summed E-state index contributed by atoms with van der Waals surface area (Å²) in [6.07, 6.45) is 0.907. The molecule has 1 atom stereocenters. The highest BCUT2D eigenvalue weighted by Crippen LogP contribution is 2.28. The van der Waals surface area contributed by atoms with Gasteiger partial charge in [0.2, 0.25) is 0 Å². The molecule has 0 aromatic carbocycles. The molecule has 1 fully saturated rings. The summed E-state index contributed by atoms with van der Waals surface area (Å²) in [5.74, 6) is 1.25. The quantitative estimate of drug-likeness (QED) is 0.391. The van der Waals surface area contributed by atoms with Crippen LogP contribution in [-0.2, 0) is 4.74 Å². The standard InChI is InChI=1S/C18H36N4O2.HI/c1-14(12-21(8)16(23)24-17(2,3)4)11-20-15(19-7)22-10-9-18(5,6)13-22;/h14H,9-13H2,1-8H3,(H,19,20);1H. The number of hydrogen-bond acceptors (Lipinski definition) is 3. The zero-order chi connectivity index (χ0) is 18.5. The maximum Gasteiger partial charge on any atom is 0.410 e. The van der Waals surface area contributed by atoms with Crippen molar-refractivity contribution in [1.29, 1.82) is 0 Å².